The number of likely N-dealkylation sites (tertiary alicyclic amines) is 1. The molecule has 3 N–H and O–H groups in total. The lowest BCUT2D eigenvalue weighted by Crippen LogP contribution is -2.45. The largest absolute Gasteiger partial charge is 0.489 e. The molecule has 1 unspecified atom stereocenters. The highest BCUT2D eigenvalue weighted by molar-refractivity contribution is 6.42. The average Bonchev–Trinajstić information content (AvgIpc) is 3.27. The molecule has 0 amide bonds. The van der Waals surface area contributed by atoms with Gasteiger partial charge in [0.2, 0.25) is 0 Å². The van der Waals surface area contributed by atoms with Crippen LogP contribution < -0.4 is 10.1 Å². The van der Waals surface area contributed by atoms with Gasteiger partial charge in [0, 0.05) is 25.6 Å². The number of aromatic nitrogens is 3. The molecule has 10 heteroatoms. The van der Waals surface area contributed by atoms with Crippen molar-refractivity contribution in [1.29, 1.82) is 0 Å². The van der Waals surface area contributed by atoms with E-state index in [1.807, 2.05) is 6.92 Å². The number of guanidine groups is 1. The Morgan fingerprint density at radius 2 is 2.21 bits per heavy atom. The Bertz CT molecular complexity index is 794. The summed E-state index contributed by atoms with van der Waals surface area (Å²) >= 11 is 12.1. The Morgan fingerprint density at radius 1 is 1.41 bits per heavy atom. The van der Waals surface area contributed by atoms with Crippen LogP contribution in [0, 0.1) is 0 Å². The number of aliphatic imine (C=N–C) groups is 1. The van der Waals surface area contributed by atoms with Crippen molar-refractivity contribution in [1.82, 2.24) is 25.4 Å². The highest BCUT2D eigenvalue weighted by Gasteiger charge is 2.24. The van der Waals surface area contributed by atoms with Gasteiger partial charge in [-0.25, -0.2) is 4.98 Å². The number of halogens is 2. The number of nitrogens with one attached hydrogen (secondary N) is 2. The quantitative estimate of drug-likeness (QED) is 0.452. The predicted molar refractivity (Wildman–Crippen MR) is 114 cm³/mol. The number of ether oxygens (including phenoxy) is 1. The summed E-state index contributed by atoms with van der Waals surface area (Å²) in [4.78, 5) is 11.1. The van der Waals surface area contributed by atoms with E-state index in [0.717, 1.165) is 44.3 Å². The van der Waals surface area contributed by atoms with Crippen LogP contribution >= 0.6 is 23.2 Å². The molecule has 1 aromatic carbocycles. The molecule has 1 saturated heterocycles. The van der Waals surface area contributed by atoms with Crippen LogP contribution in [0.4, 0.5) is 0 Å². The van der Waals surface area contributed by atoms with Crippen molar-refractivity contribution >= 4 is 29.2 Å². The standard InChI is InChI=1S/C19H26Cl2N6O2/c1-2-22-19(27-8-6-13(7-9-27)18-24-12-25-26-18)23-10-14(28)11-29-16-5-3-4-15(20)17(16)21/h3-5,12-14,28H,2,6-11H2,1H3,(H,22,23)(H,24,25,26). The molecule has 1 aliphatic heterocycles. The molecule has 8 nitrogen and oxygen atoms in total. The van der Waals surface area contributed by atoms with E-state index in [2.05, 4.69) is 30.4 Å². The number of hydrogen-bond acceptors (Lipinski definition) is 5. The normalized spacial score (nSPS) is 16.7. The lowest BCUT2D eigenvalue weighted by Gasteiger charge is -2.33. The first kappa shape index (κ1) is 21.7. The van der Waals surface area contributed by atoms with Gasteiger partial charge in [0.1, 0.15) is 35.6 Å². The molecule has 0 saturated carbocycles. The zero-order valence-electron chi connectivity index (χ0n) is 16.3. The first-order valence-corrected chi connectivity index (χ1v) is 10.5. The second-order valence-electron chi connectivity index (χ2n) is 6.84. The van der Waals surface area contributed by atoms with Crippen molar-refractivity contribution in [2.75, 3.05) is 32.8 Å². The number of piperidine rings is 1. The minimum Gasteiger partial charge on any atom is -0.489 e. The van der Waals surface area contributed by atoms with Crippen LogP contribution in [0.5, 0.6) is 5.75 Å². The van der Waals surface area contributed by atoms with Gasteiger partial charge in [0.25, 0.3) is 0 Å². The molecule has 2 heterocycles. The molecule has 29 heavy (non-hydrogen) atoms. The Labute approximate surface area is 180 Å². The molecule has 1 fully saturated rings. The van der Waals surface area contributed by atoms with Gasteiger partial charge in [-0.05, 0) is 31.9 Å². The minimum atomic E-state index is -0.759. The summed E-state index contributed by atoms with van der Waals surface area (Å²) < 4.78 is 5.59. The van der Waals surface area contributed by atoms with E-state index in [1.54, 1.807) is 24.5 Å². The number of H-pyrrole nitrogens is 1. The molecule has 0 radical (unpaired) electrons. The second-order valence-corrected chi connectivity index (χ2v) is 7.63. The van der Waals surface area contributed by atoms with Crippen molar-refractivity contribution < 1.29 is 9.84 Å². The van der Waals surface area contributed by atoms with Crippen LogP contribution in [0.25, 0.3) is 0 Å². The Kier molecular flexibility index (Phi) is 7.97. The zero-order chi connectivity index (χ0) is 20.6. The van der Waals surface area contributed by atoms with Crippen LogP contribution in [0.3, 0.4) is 0 Å². The number of aliphatic hydroxyl groups excluding tert-OH is 1. The van der Waals surface area contributed by atoms with Crippen molar-refractivity contribution in [2.45, 2.75) is 31.8 Å². The van der Waals surface area contributed by atoms with E-state index in [1.165, 1.54) is 0 Å². The fraction of sp³-hybridized carbons (Fsp3) is 0.526. The van der Waals surface area contributed by atoms with E-state index in [-0.39, 0.29) is 13.2 Å². The molecular weight excluding hydrogens is 415 g/mol. The number of benzene rings is 1. The lowest BCUT2D eigenvalue weighted by atomic mass is 9.96. The summed E-state index contributed by atoms with van der Waals surface area (Å²) in [6.07, 6.45) is 2.73. The molecule has 158 valence electrons. The van der Waals surface area contributed by atoms with Gasteiger partial charge in [0.05, 0.1) is 11.6 Å². The number of aliphatic hydroxyl groups is 1. The summed E-state index contributed by atoms with van der Waals surface area (Å²) in [6, 6.07) is 5.15. The lowest BCUT2D eigenvalue weighted by molar-refractivity contribution is 0.114. The van der Waals surface area contributed by atoms with E-state index >= 15 is 0 Å². The molecule has 1 atom stereocenters. The Balaban J connectivity index is 1.51. The monoisotopic (exact) mass is 440 g/mol. The Hall–Kier alpha value is -2.03. The maximum atomic E-state index is 10.3. The third-order valence-electron chi connectivity index (χ3n) is 4.75. The fourth-order valence-electron chi connectivity index (χ4n) is 3.23. The number of nitrogens with zero attached hydrogens (tertiary/aromatic N) is 4. The molecule has 0 spiro atoms. The highest BCUT2D eigenvalue weighted by Crippen LogP contribution is 2.31. The van der Waals surface area contributed by atoms with Gasteiger partial charge < -0.3 is 20.1 Å². The number of hydrogen-bond donors (Lipinski definition) is 3. The van der Waals surface area contributed by atoms with Crippen LogP contribution in [0.1, 0.15) is 31.5 Å². The van der Waals surface area contributed by atoms with E-state index in [4.69, 9.17) is 27.9 Å². The summed E-state index contributed by atoms with van der Waals surface area (Å²) in [7, 11) is 0. The maximum Gasteiger partial charge on any atom is 0.194 e. The molecule has 0 bridgehead atoms. The van der Waals surface area contributed by atoms with Gasteiger partial charge in [-0.2, -0.15) is 5.10 Å². The summed E-state index contributed by atoms with van der Waals surface area (Å²) in [5, 5.41) is 21.2. The van der Waals surface area contributed by atoms with Crippen molar-refractivity contribution in [3.63, 3.8) is 0 Å². The van der Waals surface area contributed by atoms with E-state index in [9.17, 15) is 5.11 Å². The third-order valence-corrected chi connectivity index (χ3v) is 5.55. The van der Waals surface area contributed by atoms with Gasteiger partial charge in [-0.1, -0.05) is 29.3 Å². The average molecular weight is 441 g/mol. The molecule has 3 rings (SSSR count). The fourth-order valence-corrected chi connectivity index (χ4v) is 3.57. The third kappa shape index (κ3) is 5.98. The topological polar surface area (TPSA) is 98.7 Å². The SMILES string of the molecule is CCNC(=NCC(O)COc1cccc(Cl)c1Cl)N1CCC(c2ncn[nH]2)CC1. The first-order valence-electron chi connectivity index (χ1n) is 9.71. The van der Waals surface area contributed by atoms with Crippen LogP contribution in [0.2, 0.25) is 10.0 Å². The maximum absolute atomic E-state index is 10.3. The second kappa shape index (κ2) is 10.7. The highest BCUT2D eigenvalue weighted by atomic mass is 35.5. The first-order chi connectivity index (χ1) is 14.1. The molecule has 1 aliphatic rings. The van der Waals surface area contributed by atoms with Crippen molar-refractivity contribution in [2.24, 2.45) is 4.99 Å². The van der Waals surface area contributed by atoms with Gasteiger partial charge in [0.15, 0.2) is 5.96 Å². The minimum absolute atomic E-state index is 0.0799. The van der Waals surface area contributed by atoms with Gasteiger partial charge in [-0.3, -0.25) is 10.1 Å². The van der Waals surface area contributed by atoms with E-state index in [0.29, 0.717) is 21.7 Å². The summed E-state index contributed by atoms with van der Waals surface area (Å²) in [5.74, 6) is 2.57. The zero-order valence-corrected chi connectivity index (χ0v) is 17.8. The smallest absolute Gasteiger partial charge is 0.194 e. The molecule has 1 aromatic heterocycles. The molecule has 0 aliphatic carbocycles. The Morgan fingerprint density at radius 3 is 2.90 bits per heavy atom. The van der Waals surface area contributed by atoms with Crippen molar-refractivity contribution in [3.05, 3.63) is 40.4 Å². The molecular formula is C19H26Cl2N6O2. The summed E-state index contributed by atoms with van der Waals surface area (Å²) in [5.41, 5.74) is 0. The van der Waals surface area contributed by atoms with E-state index < -0.39 is 6.10 Å². The van der Waals surface area contributed by atoms with Crippen LogP contribution in [0.15, 0.2) is 29.5 Å². The summed E-state index contributed by atoms with van der Waals surface area (Å²) in [6.45, 7) is 4.81. The number of aromatic amines is 1. The molecule has 2 aromatic rings. The van der Waals surface area contributed by atoms with Crippen molar-refractivity contribution in [3.8, 4) is 5.75 Å². The van der Waals surface area contributed by atoms with Gasteiger partial charge in [-0.15, -0.1) is 0 Å². The van der Waals surface area contributed by atoms with Gasteiger partial charge >= 0.3 is 0 Å². The van der Waals surface area contributed by atoms with Crippen LogP contribution in [-0.2, 0) is 0 Å². The van der Waals surface area contributed by atoms with Crippen LogP contribution in [-0.4, -0.2) is 70.0 Å². The number of rotatable bonds is 7. The predicted octanol–water partition coefficient (Wildman–Crippen LogP) is 2.70.